The van der Waals surface area contributed by atoms with Gasteiger partial charge in [0.1, 0.15) is 11.5 Å². The Balaban J connectivity index is 2.12. The molecule has 0 saturated carbocycles. The van der Waals surface area contributed by atoms with E-state index in [0.29, 0.717) is 16.5 Å². The number of carbonyl (C=O) groups is 1. The van der Waals surface area contributed by atoms with E-state index in [1.165, 1.54) is 12.1 Å². The number of carbonyl (C=O) groups excluding carboxylic acids is 1. The smallest absolute Gasteiger partial charge is 0.264 e. The van der Waals surface area contributed by atoms with Gasteiger partial charge in [-0.25, -0.2) is 13.1 Å². The van der Waals surface area contributed by atoms with E-state index in [4.69, 9.17) is 16.3 Å². The van der Waals surface area contributed by atoms with Gasteiger partial charge in [0.25, 0.3) is 5.91 Å². The van der Waals surface area contributed by atoms with Crippen LogP contribution in [-0.4, -0.2) is 20.6 Å². The Morgan fingerprint density at radius 1 is 1.09 bits per heavy atom. The number of aryl methyl sites for hydroxylation is 1. The van der Waals surface area contributed by atoms with E-state index in [2.05, 4.69) is 0 Å². The maximum absolute atomic E-state index is 11.7. The van der Waals surface area contributed by atoms with E-state index < -0.39 is 15.9 Å². The molecule has 1 N–H and O–H groups in total. The molecule has 0 fully saturated rings. The summed E-state index contributed by atoms with van der Waals surface area (Å²) in [6, 6.07) is 11.4. The van der Waals surface area contributed by atoms with E-state index >= 15 is 0 Å². The van der Waals surface area contributed by atoms with Crippen molar-refractivity contribution in [2.75, 3.05) is 6.26 Å². The van der Waals surface area contributed by atoms with Crippen LogP contribution in [0.4, 0.5) is 0 Å². The van der Waals surface area contributed by atoms with Crippen LogP contribution < -0.4 is 9.46 Å². The number of amides is 1. The van der Waals surface area contributed by atoms with Gasteiger partial charge in [0, 0.05) is 10.6 Å². The summed E-state index contributed by atoms with van der Waals surface area (Å²) in [4.78, 5) is 11.7. The maximum Gasteiger partial charge on any atom is 0.264 e. The Kier molecular flexibility index (Phi) is 4.73. The molecule has 1 amide bonds. The molecule has 2 aromatic carbocycles. The summed E-state index contributed by atoms with van der Waals surface area (Å²) >= 11 is 6.02. The van der Waals surface area contributed by atoms with Gasteiger partial charge in [-0.2, -0.15) is 0 Å². The van der Waals surface area contributed by atoms with Crippen LogP contribution in [0, 0.1) is 6.92 Å². The van der Waals surface area contributed by atoms with E-state index in [1.807, 2.05) is 17.7 Å². The van der Waals surface area contributed by atoms with Gasteiger partial charge >= 0.3 is 0 Å². The van der Waals surface area contributed by atoms with Crippen LogP contribution in [0.15, 0.2) is 42.5 Å². The van der Waals surface area contributed by atoms with Crippen molar-refractivity contribution in [3.05, 3.63) is 58.6 Å². The van der Waals surface area contributed by atoms with E-state index in [-0.39, 0.29) is 5.56 Å². The molecule has 0 bridgehead atoms. The predicted molar refractivity (Wildman–Crippen MR) is 85.0 cm³/mol. The van der Waals surface area contributed by atoms with Gasteiger partial charge in [0.2, 0.25) is 10.0 Å². The number of sulfonamides is 1. The van der Waals surface area contributed by atoms with Gasteiger partial charge in [-0.3, -0.25) is 4.79 Å². The van der Waals surface area contributed by atoms with Crippen molar-refractivity contribution < 1.29 is 17.9 Å². The van der Waals surface area contributed by atoms with Crippen molar-refractivity contribution in [3.8, 4) is 11.5 Å². The highest BCUT2D eigenvalue weighted by molar-refractivity contribution is 7.89. The Morgan fingerprint density at radius 2 is 1.68 bits per heavy atom. The zero-order valence-corrected chi connectivity index (χ0v) is 13.5. The first-order chi connectivity index (χ1) is 10.2. The zero-order valence-electron chi connectivity index (χ0n) is 12.0. The number of hydrogen-bond acceptors (Lipinski definition) is 4. The monoisotopic (exact) mass is 339 g/mol. The lowest BCUT2D eigenvalue weighted by Gasteiger charge is -2.08. The quantitative estimate of drug-likeness (QED) is 0.928. The van der Waals surface area contributed by atoms with Crippen LogP contribution in [0.3, 0.4) is 0 Å². The lowest BCUT2D eigenvalue weighted by atomic mass is 10.2. The molecule has 0 aromatic heterocycles. The standard InChI is InChI=1S/C15H14ClNO4S/c1-10-3-6-13(9-14(10)16)21-12-7-4-11(5-8-12)15(18)17-22(2,19)20/h3-9H,1-2H3,(H,17,18). The fourth-order valence-corrected chi connectivity index (χ4v) is 2.30. The highest BCUT2D eigenvalue weighted by atomic mass is 35.5. The minimum absolute atomic E-state index is 0.222. The molecule has 22 heavy (non-hydrogen) atoms. The number of benzene rings is 2. The predicted octanol–water partition coefficient (Wildman–Crippen LogP) is 3.13. The van der Waals surface area contributed by atoms with Crippen molar-refractivity contribution in [2.24, 2.45) is 0 Å². The summed E-state index contributed by atoms with van der Waals surface area (Å²) in [5.41, 5.74) is 1.17. The van der Waals surface area contributed by atoms with Crippen LogP contribution in [0.2, 0.25) is 5.02 Å². The van der Waals surface area contributed by atoms with Gasteiger partial charge in [0.15, 0.2) is 0 Å². The number of hydrogen-bond donors (Lipinski definition) is 1. The SMILES string of the molecule is Cc1ccc(Oc2ccc(C(=O)NS(C)(=O)=O)cc2)cc1Cl. The molecule has 0 unspecified atom stereocenters. The molecule has 5 nitrogen and oxygen atoms in total. The molecule has 0 atom stereocenters. The topological polar surface area (TPSA) is 72.5 Å². The third-order valence-electron chi connectivity index (χ3n) is 2.77. The van der Waals surface area contributed by atoms with Gasteiger partial charge in [-0.15, -0.1) is 0 Å². The van der Waals surface area contributed by atoms with Crippen LogP contribution in [-0.2, 0) is 10.0 Å². The molecule has 7 heteroatoms. The highest BCUT2D eigenvalue weighted by Crippen LogP contribution is 2.26. The fourth-order valence-electron chi connectivity index (χ4n) is 1.67. The number of ether oxygens (including phenoxy) is 1. The molecule has 116 valence electrons. The Labute approximate surface area is 133 Å². The second-order valence-electron chi connectivity index (χ2n) is 4.74. The minimum atomic E-state index is -3.58. The molecule has 0 spiro atoms. The molecular formula is C15H14ClNO4S. The number of halogens is 1. The largest absolute Gasteiger partial charge is 0.457 e. The molecule has 0 radical (unpaired) electrons. The second kappa shape index (κ2) is 6.37. The molecule has 0 aliphatic rings. The molecule has 2 rings (SSSR count). The van der Waals surface area contributed by atoms with Crippen molar-refractivity contribution in [2.45, 2.75) is 6.92 Å². The number of nitrogens with one attached hydrogen (secondary N) is 1. The third kappa shape index (κ3) is 4.47. The summed E-state index contributed by atoms with van der Waals surface area (Å²) in [6.45, 7) is 1.89. The van der Waals surface area contributed by atoms with Crippen molar-refractivity contribution >= 4 is 27.5 Å². The lowest BCUT2D eigenvalue weighted by Crippen LogP contribution is -2.29. The van der Waals surface area contributed by atoms with E-state index in [1.54, 1.807) is 24.3 Å². The van der Waals surface area contributed by atoms with E-state index in [0.717, 1.165) is 11.8 Å². The van der Waals surface area contributed by atoms with Crippen LogP contribution in [0.1, 0.15) is 15.9 Å². The summed E-state index contributed by atoms with van der Waals surface area (Å²) in [6.07, 6.45) is 0.920. The van der Waals surface area contributed by atoms with Gasteiger partial charge < -0.3 is 4.74 Å². The summed E-state index contributed by atoms with van der Waals surface area (Å²) in [7, 11) is -3.58. The maximum atomic E-state index is 11.7. The Hall–Kier alpha value is -2.05. The molecule has 0 heterocycles. The lowest BCUT2D eigenvalue weighted by molar-refractivity contribution is 0.0981. The van der Waals surface area contributed by atoms with Gasteiger partial charge in [-0.1, -0.05) is 17.7 Å². The zero-order chi connectivity index (χ0) is 16.3. The van der Waals surface area contributed by atoms with Gasteiger partial charge in [-0.05, 0) is 48.9 Å². The summed E-state index contributed by atoms with van der Waals surface area (Å²) in [5, 5.41) is 0.599. The fraction of sp³-hybridized carbons (Fsp3) is 0.133. The van der Waals surface area contributed by atoms with Crippen molar-refractivity contribution in [3.63, 3.8) is 0 Å². The van der Waals surface area contributed by atoms with Crippen molar-refractivity contribution in [1.82, 2.24) is 4.72 Å². The average Bonchev–Trinajstić information content (AvgIpc) is 2.42. The highest BCUT2D eigenvalue weighted by Gasteiger charge is 2.11. The van der Waals surface area contributed by atoms with Crippen molar-refractivity contribution in [1.29, 1.82) is 0 Å². The first kappa shape index (κ1) is 16.3. The van der Waals surface area contributed by atoms with Crippen LogP contribution >= 0.6 is 11.6 Å². The summed E-state index contributed by atoms with van der Waals surface area (Å²) < 4.78 is 29.5. The van der Waals surface area contributed by atoms with Crippen LogP contribution in [0.5, 0.6) is 11.5 Å². The van der Waals surface area contributed by atoms with E-state index in [9.17, 15) is 13.2 Å². The first-order valence-electron chi connectivity index (χ1n) is 6.31. The van der Waals surface area contributed by atoms with Crippen LogP contribution in [0.25, 0.3) is 0 Å². The average molecular weight is 340 g/mol. The van der Waals surface area contributed by atoms with Gasteiger partial charge in [0.05, 0.1) is 6.26 Å². The minimum Gasteiger partial charge on any atom is -0.457 e. The second-order valence-corrected chi connectivity index (χ2v) is 6.90. The normalized spacial score (nSPS) is 11.0. The Bertz CT molecular complexity index is 801. The summed E-state index contributed by atoms with van der Waals surface area (Å²) in [5.74, 6) is 0.396. The molecular weight excluding hydrogens is 326 g/mol. The molecule has 0 aliphatic carbocycles. The first-order valence-corrected chi connectivity index (χ1v) is 8.58. The third-order valence-corrected chi connectivity index (χ3v) is 3.74. The number of rotatable bonds is 4. The molecule has 0 aliphatic heterocycles. The molecule has 2 aromatic rings. The Morgan fingerprint density at radius 3 is 2.23 bits per heavy atom. The molecule has 0 saturated heterocycles.